The number of ketones is 1. The summed E-state index contributed by atoms with van der Waals surface area (Å²) in [5, 5.41) is -0.745. The van der Waals surface area contributed by atoms with Crippen LogP contribution in [0.1, 0.15) is 38.5 Å². The molecule has 5 heteroatoms. The molecular formula is C11H18O4S. The first-order valence-electron chi connectivity index (χ1n) is 5.95. The summed E-state index contributed by atoms with van der Waals surface area (Å²) in [4.78, 5) is 11.6. The quantitative estimate of drug-likeness (QED) is 0.748. The van der Waals surface area contributed by atoms with E-state index in [9.17, 15) is 13.2 Å². The Hall–Kier alpha value is -0.420. The second-order valence-electron chi connectivity index (χ2n) is 4.67. The fraction of sp³-hybridized carbons (Fsp3) is 0.909. The van der Waals surface area contributed by atoms with Crippen molar-refractivity contribution in [1.29, 1.82) is 0 Å². The van der Waals surface area contributed by atoms with E-state index in [1.165, 1.54) is 0 Å². The summed E-state index contributed by atoms with van der Waals surface area (Å²) in [6.45, 7) is 0.652. The molecule has 4 nitrogen and oxygen atoms in total. The second-order valence-corrected chi connectivity index (χ2v) is 6.89. The van der Waals surface area contributed by atoms with Crippen LogP contribution in [0.5, 0.6) is 0 Å². The van der Waals surface area contributed by atoms with Gasteiger partial charge in [-0.05, 0) is 25.7 Å². The average Bonchev–Trinajstić information content (AvgIpc) is 2.70. The van der Waals surface area contributed by atoms with Crippen LogP contribution in [-0.2, 0) is 19.4 Å². The van der Waals surface area contributed by atoms with Gasteiger partial charge < -0.3 is 4.74 Å². The smallest absolute Gasteiger partial charge is 0.162 e. The van der Waals surface area contributed by atoms with Gasteiger partial charge in [0.25, 0.3) is 0 Å². The van der Waals surface area contributed by atoms with Crippen LogP contribution in [0, 0.1) is 0 Å². The van der Waals surface area contributed by atoms with Gasteiger partial charge in [0.2, 0.25) is 0 Å². The zero-order valence-corrected chi connectivity index (χ0v) is 10.2. The lowest BCUT2D eigenvalue weighted by atomic mass is 9.99. The molecule has 1 heterocycles. The van der Waals surface area contributed by atoms with Crippen molar-refractivity contribution in [2.45, 2.75) is 49.9 Å². The largest absolute Gasteiger partial charge is 0.377 e. The Morgan fingerprint density at radius 3 is 2.62 bits per heavy atom. The fourth-order valence-electron chi connectivity index (χ4n) is 2.48. The zero-order chi connectivity index (χ0) is 11.6. The molecule has 0 aromatic heterocycles. The van der Waals surface area contributed by atoms with Gasteiger partial charge >= 0.3 is 0 Å². The molecule has 0 radical (unpaired) electrons. The second kappa shape index (κ2) is 4.84. The van der Waals surface area contributed by atoms with E-state index in [-0.39, 0.29) is 17.6 Å². The summed E-state index contributed by atoms with van der Waals surface area (Å²) in [5.74, 6) is -0.0621. The van der Waals surface area contributed by atoms with Crippen molar-refractivity contribution < 1.29 is 17.9 Å². The highest BCUT2D eigenvalue weighted by Crippen LogP contribution is 2.24. The molecule has 1 aliphatic heterocycles. The van der Waals surface area contributed by atoms with Gasteiger partial charge in [0.1, 0.15) is 5.25 Å². The minimum Gasteiger partial charge on any atom is -0.377 e. The molecule has 0 aromatic rings. The summed E-state index contributed by atoms with van der Waals surface area (Å²) >= 11 is 0. The molecular weight excluding hydrogens is 228 g/mol. The summed E-state index contributed by atoms with van der Waals surface area (Å²) in [5.41, 5.74) is 0. The van der Waals surface area contributed by atoms with E-state index in [4.69, 9.17) is 4.74 Å². The molecule has 2 aliphatic rings. The minimum atomic E-state index is -3.29. The van der Waals surface area contributed by atoms with Crippen molar-refractivity contribution in [3.63, 3.8) is 0 Å². The molecule has 0 amide bonds. The third-order valence-electron chi connectivity index (χ3n) is 3.37. The molecule has 16 heavy (non-hydrogen) atoms. The molecule has 0 spiro atoms. The molecule has 2 fully saturated rings. The predicted molar refractivity (Wildman–Crippen MR) is 60.0 cm³/mol. The number of rotatable bonds is 3. The summed E-state index contributed by atoms with van der Waals surface area (Å²) < 4.78 is 29.4. The van der Waals surface area contributed by atoms with Gasteiger partial charge in [-0.2, -0.15) is 0 Å². The first-order chi connectivity index (χ1) is 7.59. The molecule has 1 aliphatic carbocycles. The van der Waals surface area contributed by atoms with Crippen LogP contribution in [-0.4, -0.2) is 37.9 Å². The lowest BCUT2D eigenvalue weighted by Gasteiger charge is -2.22. The average molecular weight is 246 g/mol. The Morgan fingerprint density at radius 2 is 2.00 bits per heavy atom. The van der Waals surface area contributed by atoms with Gasteiger partial charge in [0.15, 0.2) is 15.6 Å². The molecule has 2 unspecified atom stereocenters. The van der Waals surface area contributed by atoms with Gasteiger partial charge in [-0.25, -0.2) is 8.42 Å². The molecule has 1 saturated carbocycles. The van der Waals surface area contributed by atoms with Crippen LogP contribution >= 0.6 is 0 Å². The van der Waals surface area contributed by atoms with Crippen molar-refractivity contribution >= 4 is 15.6 Å². The Balaban J connectivity index is 2.02. The molecule has 2 atom stereocenters. The summed E-state index contributed by atoms with van der Waals surface area (Å²) in [7, 11) is -3.29. The highest BCUT2D eigenvalue weighted by molar-refractivity contribution is 7.92. The maximum Gasteiger partial charge on any atom is 0.162 e. The third-order valence-corrected chi connectivity index (χ3v) is 5.58. The first kappa shape index (κ1) is 12.0. The summed E-state index contributed by atoms with van der Waals surface area (Å²) in [6, 6.07) is 0. The van der Waals surface area contributed by atoms with Crippen molar-refractivity contribution in [1.82, 2.24) is 0 Å². The van der Waals surface area contributed by atoms with E-state index in [1.54, 1.807) is 0 Å². The van der Waals surface area contributed by atoms with Crippen molar-refractivity contribution in [3.8, 4) is 0 Å². The number of ether oxygens (including phenoxy) is 1. The van der Waals surface area contributed by atoms with Crippen LogP contribution in [0.15, 0.2) is 0 Å². The molecule has 0 N–H and O–H groups in total. The number of hydrogen-bond acceptors (Lipinski definition) is 4. The van der Waals surface area contributed by atoms with Gasteiger partial charge in [-0.3, -0.25) is 4.79 Å². The van der Waals surface area contributed by atoms with Crippen LogP contribution in [0.25, 0.3) is 0 Å². The van der Waals surface area contributed by atoms with Crippen molar-refractivity contribution in [3.05, 3.63) is 0 Å². The van der Waals surface area contributed by atoms with Crippen LogP contribution < -0.4 is 0 Å². The molecule has 2 rings (SSSR count). The van der Waals surface area contributed by atoms with Crippen LogP contribution in [0.2, 0.25) is 0 Å². The van der Waals surface area contributed by atoms with E-state index >= 15 is 0 Å². The topological polar surface area (TPSA) is 60.4 Å². The van der Waals surface area contributed by atoms with Crippen molar-refractivity contribution in [2.75, 3.05) is 12.4 Å². The molecule has 0 bridgehead atoms. The number of hydrogen-bond donors (Lipinski definition) is 0. The Kier molecular flexibility index (Phi) is 3.64. The van der Waals surface area contributed by atoms with Gasteiger partial charge in [-0.1, -0.05) is 6.42 Å². The van der Waals surface area contributed by atoms with E-state index in [2.05, 4.69) is 0 Å². The van der Waals surface area contributed by atoms with Gasteiger partial charge in [0, 0.05) is 13.0 Å². The van der Waals surface area contributed by atoms with Gasteiger partial charge in [-0.15, -0.1) is 0 Å². The normalized spacial score (nSPS) is 31.9. The lowest BCUT2D eigenvalue weighted by molar-refractivity contribution is -0.119. The number of Topliss-reactive ketones (excluding diaryl/α,β-unsaturated/α-hetero) is 1. The van der Waals surface area contributed by atoms with Crippen molar-refractivity contribution in [2.24, 2.45) is 0 Å². The standard InChI is InChI=1S/C11H18O4S/c12-10-5-1-2-6-11(10)16(13,14)8-9-4-3-7-15-9/h9,11H,1-8H2. The monoisotopic (exact) mass is 246 g/mol. The van der Waals surface area contributed by atoms with Crippen LogP contribution in [0.3, 0.4) is 0 Å². The van der Waals surface area contributed by atoms with E-state index in [0.717, 1.165) is 25.7 Å². The number of carbonyl (C=O) groups is 1. The Bertz CT molecular complexity index is 354. The molecule has 0 aromatic carbocycles. The molecule has 1 saturated heterocycles. The third kappa shape index (κ3) is 2.63. The van der Waals surface area contributed by atoms with E-state index in [1.807, 2.05) is 0 Å². The Morgan fingerprint density at radius 1 is 1.19 bits per heavy atom. The molecule has 92 valence electrons. The SMILES string of the molecule is O=C1CCCCC1S(=O)(=O)CC1CCCO1. The number of carbonyl (C=O) groups excluding carboxylic acids is 1. The van der Waals surface area contributed by atoms with E-state index < -0.39 is 15.1 Å². The minimum absolute atomic E-state index is 0.0312. The van der Waals surface area contributed by atoms with E-state index in [0.29, 0.717) is 19.4 Å². The maximum absolute atomic E-state index is 12.1. The first-order valence-corrected chi connectivity index (χ1v) is 7.67. The van der Waals surface area contributed by atoms with Gasteiger partial charge in [0.05, 0.1) is 11.9 Å². The predicted octanol–water partition coefficient (Wildman–Crippen LogP) is 1.09. The zero-order valence-electron chi connectivity index (χ0n) is 9.35. The lowest BCUT2D eigenvalue weighted by Crippen LogP contribution is -2.37. The highest BCUT2D eigenvalue weighted by atomic mass is 32.2. The number of sulfone groups is 1. The highest BCUT2D eigenvalue weighted by Gasteiger charge is 2.36. The Labute approximate surface area is 96.3 Å². The summed E-state index contributed by atoms with van der Waals surface area (Å²) in [6.07, 6.45) is 4.17. The fourth-order valence-corrected chi connectivity index (χ4v) is 4.54. The maximum atomic E-state index is 12.1. The van der Waals surface area contributed by atoms with Crippen LogP contribution in [0.4, 0.5) is 0 Å².